The van der Waals surface area contributed by atoms with Crippen LogP contribution in [0, 0.1) is 13.8 Å². The minimum atomic E-state index is -0.919. The fourth-order valence-corrected chi connectivity index (χ4v) is 4.18. The zero-order chi connectivity index (χ0) is 24.6. The molecule has 1 atom stereocenters. The van der Waals surface area contributed by atoms with Crippen molar-refractivity contribution >= 4 is 23.1 Å². The predicted octanol–water partition coefficient (Wildman–Crippen LogP) is 4.65. The maximum atomic E-state index is 13.4. The molecule has 1 saturated heterocycles. The molecule has 3 aromatic carbocycles. The lowest BCUT2D eigenvalue weighted by Crippen LogP contribution is -2.30. The number of aliphatic hydroxyl groups is 1. The quantitative estimate of drug-likeness (QED) is 0.328. The second kappa shape index (κ2) is 8.94. The third-order valence-electron chi connectivity index (χ3n) is 5.94. The van der Waals surface area contributed by atoms with Gasteiger partial charge in [0.1, 0.15) is 23.0 Å². The van der Waals surface area contributed by atoms with Crippen molar-refractivity contribution in [3.63, 3.8) is 0 Å². The number of rotatable bonds is 5. The fourth-order valence-electron chi connectivity index (χ4n) is 4.18. The molecule has 4 rings (SSSR count). The van der Waals surface area contributed by atoms with Crippen molar-refractivity contribution in [1.82, 2.24) is 0 Å². The van der Waals surface area contributed by atoms with E-state index in [9.17, 15) is 19.8 Å². The minimum absolute atomic E-state index is 0.0434. The van der Waals surface area contributed by atoms with Crippen LogP contribution in [0.3, 0.4) is 0 Å². The predicted molar refractivity (Wildman–Crippen MR) is 128 cm³/mol. The van der Waals surface area contributed by atoms with Crippen LogP contribution in [-0.4, -0.2) is 36.1 Å². The molecular weight excluding hydrogens is 434 g/mol. The van der Waals surface area contributed by atoms with Gasteiger partial charge in [0, 0.05) is 5.69 Å². The van der Waals surface area contributed by atoms with Gasteiger partial charge < -0.3 is 19.7 Å². The van der Waals surface area contributed by atoms with Crippen molar-refractivity contribution < 1.29 is 29.3 Å². The number of ether oxygens (including phenoxy) is 2. The fraction of sp³-hybridized carbons (Fsp3) is 0.185. The normalized spacial score (nSPS) is 17.2. The van der Waals surface area contributed by atoms with Crippen LogP contribution in [0.25, 0.3) is 5.76 Å². The summed E-state index contributed by atoms with van der Waals surface area (Å²) >= 11 is 0. The van der Waals surface area contributed by atoms with E-state index in [1.165, 1.54) is 31.3 Å². The van der Waals surface area contributed by atoms with Crippen LogP contribution in [0.2, 0.25) is 0 Å². The number of hydrogen-bond acceptors (Lipinski definition) is 6. The van der Waals surface area contributed by atoms with Gasteiger partial charge in [0.2, 0.25) is 0 Å². The molecule has 1 unspecified atom stereocenters. The van der Waals surface area contributed by atoms with Crippen LogP contribution in [0.5, 0.6) is 17.2 Å². The molecule has 7 heteroatoms. The summed E-state index contributed by atoms with van der Waals surface area (Å²) in [6.45, 7) is 3.75. The number of aliphatic hydroxyl groups excluding tert-OH is 1. The highest BCUT2D eigenvalue weighted by Gasteiger charge is 2.47. The Morgan fingerprint density at radius 2 is 1.62 bits per heavy atom. The summed E-state index contributed by atoms with van der Waals surface area (Å²) in [6.07, 6.45) is 0. The number of anilines is 1. The Morgan fingerprint density at radius 3 is 2.26 bits per heavy atom. The molecule has 0 saturated carbocycles. The molecule has 1 amide bonds. The zero-order valence-corrected chi connectivity index (χ0v) is 19.3. The largest absolute Gasteiger partial charge is 0.508 e. The number of carbonyl (C=O) groups excluding carboxylic acids is 2. The van der Waals surface area contributed by atoms with Crippen LogP contribution in [0.15, 0.2) is 66.2 Å². The summed E-state index contributed by atoms with van der Waals surface area (Å²) in [6, 6.07) is 15.8. The van der Waals surface area contributed by atoms with Gasteiger partial charge in [-0.2, -0.15) is 0 Å². The highest BCUT2D eigenvalue weighted by atomic mass is 16.5. The van der Waals surface area contributed by atoms with Gasteiger partial charge in [-0.3, -0.25) is 14.5 Å². The number of aryl methyl sites for hydroxylation is 2. The molecule has 0 aliphatic carbocycles. The molecule has 1 aliphatic heterocycles. The number of ketones is 1. The minimum Gasteiger partial charge on any atom is -0.508 e. The van der Waals surface area contributed by atoms with Gasteiger partial charge in [-0.15, -0.1) is 0 Å². The Balaban J connectivity index is 2.01. The summed E-state index contributed by atoms with van der Waals surface area (Å²) < 4.78 is 10.7. The first-order chi connectivity index (χ1) is 16.3. The number of Topliss-reactive ketones (excluding diaryl/α,β-unsaturated/α-hetero) is 1. The van der Waals surface area contributed by atoms with E-state index in [-0.39, 0.29) is 22.6 Å². The van der Waals surface area contributed by atoms with Gasteiger partial charge in [0.25, 0.3) is 11.7 Å². The number of phenolic OH excluding ortho intramolecular Hbond substituents is 1. The highest BCUT2D eigenvalue weighted by molar-refractivity contribution is 6.51. The molecule has 0 spiro atoms. The topological polar surface area (TPSA) is 96.3 Å². The molecule has 174 valence electrons. The standard InChI is InChI=1S/C27H25NO6/c1-15-5-6-16(2)21(13-15)28-24(17-7-9-18(29)10-8-17)23(26(31)27(28)32)25(30)20-14-19(33-3)11-12-22(20)34-4/h5-14,24,29-30H,1-4H3/b25-23+. The van der Waals surface area contributed by atoms with E-state index in [1.54, 1.807) is 30.3 Å². The number of hydrogen-bond donors (Lipinski definition) is 2. The summed E-state index contributed by atoms with van der Waals surface area (Å²) in [7, 11) is 2.94. The number of phenols is 1. The molecule has 0 aromatic heterocycles. The first kappa shape index (κ1) is 22.9. The Bertz CT molecular complexity index is 1310. The van der Waals surface area contributed by atoms with Gasteiger partial charge in [0.15, 0.2) is 0 Å². The molecule has 7 nitrogen and oxygen atoms in total. The first-order valence-electron chi connectivity index (χ1n) is 10.7. The number of aromatic hydroxyl groups is 1. The number of amides is 1. The third-order valence-corrected chi connectivity index (χ3v) is 5.94. The van der Waals surface area contributed by atoms with Crippen LogP contribution in [0.1, 0.15) is 28.3 Å². The van der Waals surface area contributed by atoms with E-state index < -0.39 is 17.7 Å². The number of methoxy groups -OCH3 is 2. The molecule has 3 aromatic rings. The monoisotopic (exact) mass is 459 g/mol. The number of nitrogens with zero attached hydrogens (tertiary/aromatic N) is 1. The summed E-state index contributed by atoms with van der Waals surface area (Å²) in [5, 5.41) is 21.2. The molecule has 1 heterocycles. The first-order valence-corrected chi connectivity index (χ1v) is 10.7. The van der Waals surface area contributed by atoms with E-state index in [4.69, 9.17) is 9.47 Å². The van der Waals surface area contributed by atoms with Crippen molar-refractivity contribution in [1.29, 1.82) is 0 Å². The van der Waals surface area contributed by atoms with Gasteiger partial charge in [-0.05, 0) is 66.9 Å². The maximum absolute atomic E-state index is 13.4. The van der Waals surface area contributed by atoms with E-state index in [1.807, 2.05) is 32.0 Å². The van der Waals surface area contributed by atoms with Crippen LogP contribution >= 0.6 is 0 Å². The molecule has 34 heavy (non-hydrogen) atoms. The average Bonchev–Trinajstić information content (AvgIpc) is 3.10. The molecule has 0 radical (unpaired) electrons. The molecule has 1 fully saturated rings. The Hall–Kier alpha value is -4.26. The lowest BCUT2D eigenvalue weighted by atomic mass is 9.94. The average molecular weight is 459 g/mol. The van der Waals surface area contributed by atoms with Crippen molar-refractivity contribution in [3.8, 4) is 17.2 Å². The lowest BCUT2D eigenvalue weighted by molar-refractivity contribution is -0.132. The molecule has 1 aliphatic rings. The SMILES string of the molecule is COc1ccc(OC)c(/C(O)=C2\C(=O)C(=O)N(c3cc(C)ccc3C)C2c2ccc(O)cc2)c1. The van der Waals surface area contributed by atoms with E-state index in [0.717, 1.165) is 11.1 Å². The van der Waals surface area contributed by atoms with Gasteiger partial charge in [0.05, 0.1) is 31.4 Å². The van der Waals surface area contributed by atoms with E-state index in [0.29, 0.717) is 22.7 Å². The highest BCUT2D eigenvalue weighted by Crippen LogP contribution is 2.44. The van der Waals surface area contributed by atoms with E-state index in [2.05, 4.69) is 0 Å². The van der Waals surface area contributed by atoms with Crippen molar-refractivity contribution in [2.75, 3.05) is 19.1 Å². The number of benzene rings is 3. The van der Waals surface area contributed by atoms with Crippen molar-refractivity contribution in [3.05, 3.63) is 88.5 Å². The van der Waals surface area contributed by atoms with Crippen LogP contribution in [-0.2, 0) is 9.59 Å². The molecular formula is C27H25NO6. The third kappa shape index (κ3) is 3.85. The number of carbonyl (C=O) groups is 2. The van der Waals surface area contributed by atoms with E-state index >= 15 is 0 Å². The molecule has 0 bridgehead atoms. The van der Waals surface area contributed by atoms with Crippen LogP contribution < -0.4 is 14.4 Å². The second-order valence-corrected chi connectivity index (χ2v) is 8.12. The summed E-state index contributed by atoms with van der Waals surface area (Å²) in [5.41, 5.74) is 2.99. The second-order valence-electron chi connectivity index (χ2n) is 8.12. The van der Waals surface area contributed by atoms with Gasteiger partial charge in [-0.1, -0.05) is 24.3 Å². The molecule has 2 N–H and O–H groups in total. The summed E-state index contributed by atoms with van der Waals surface area (Å²) in [4.78, 5) is 28.1. The summed E-state index contributed by atoms with van der Waals surface area (Å²) in [5.74, 6) is -1.13. The Morgan fingerprint density at radius 1 is 0.912 bits per heavy atom. The van der Waals surface area contributed by atoms with Gasteiger partial charge in [-0.25, -0.2) is 0 Å². The van der Waals surface area contributed by atoms with Crippen molar-refractivity contribution in [2.45, 2.75) is 19.9 Å². The smallest absolute Gasteiger partial charge is 0.300 e. The van der Waals surface area contributed by atoms with Crippen LogP contribution in [0.4, 0.5) is 5.69 Å². The lowest BCUT2D eigenvalue weighted by Gasteiger charge is -2.27. The Labute approximate surface area is 197 Å². The maximum Gasteiger partial charge on any atom is 0.300 e. The van der Waals surface area contributed by atoms with Gasteiger partial charge >= 0.3 is 0 Å². The zero-order valence-electron chi connectivity index (χ0n) is 19.3. The van der Waals surface area contributed by atoms with Crippen molar-refractivity contribution in [2.24, 2.45) is 0 Å². The Kier molecular flexibility index (Phi) is 6.03.